The molecule has 0 aliphatic heterocycles. The average molecular weight is 239 g/mol. The number of nitrogens with zero attached hydrogens (tertiary/aromatic N) is 1. The zero-order valence-corrected chi connectivity index (χ0v) is 10.7. The van der Waals surface area contributed by atoms with Crippen LogP contribution in [0.5, 0.6) is 0 Å². The Hall–Kier alpha value is -1.03. The molecule has 0 radical (unpaired) electrons. The predicted octanol–water partition coefficient (Wildman–Crippen LogP) is 1.82. The molecule has 1 fully saturated rings. The molecule has 1 aliphatic carbocycles. The summed E-state index contributed by atoms with van der Waals surface area (Å²) in [7, 11) is 0. The van der Waals surface area contributed by atoms with Crippen molar-refractivity contribution >= 4 is 5.96 Å². The van der Waals surface area contributed by atoms with Crippen molar-refractivity contribution in [1.82, 2.24) is 5.32 Å². The van der Waals surface area contributed by atoms with Gasteiger partial charge in [0.25, 0.3) is 0 Å². The fraction of sp³-hybridized carbons (Fsp3) is 0.769. The van der Waals surface area contributed by atoms with Gasteiger partial charge in [-0.25, -0.2) is 0 Å². The van der Waals surface area contributed by atoms with Crippen LogP contribution in [-0.4, -0.2) is 31.8 Å². The van der Waals surface area contributed by atoms with Gasteiger partial charge in [0.1, 0.15) is 0 Å². The Morgan fingerprint density at radius 2 is 2.12 bits per heavy atom. The van der Waals surface area contributed by atoms with E-state index in [0.29, 0.717) is 25.2 Å². The molecule has 0 unspecified atom stereocenters. The molecule has 0 saturated heterocycles. The van der Waals surface area contributed by atoms with Gasteiger partial charge >= 0.3 is 0 Å². The summed E-state index contributed by atoms with van der Waals surface area (Å²) in [5.41, 5.74) is 5.81. The van der Waals surface area contributed by atoms with Crippen molar-refractivity contribution in [2.45, 2.75) is 44.6 Å². The summed E-state index contributed by atoms with van der Waals surface area (Å²) in [4.78, 5) is 4.25. The van der Waals surface area contributed by atoms with Gasteiger partial charge < -0.3 is 15.8 Å². The molecule has 0 aromatic carbocycles. The summed E-state index contributed by atoms with van der Waals surface area (Å²) in [6, 6.07) is 0.522. The highest BCUT2D eigenvalue weighted by atomic mass is 16.5. The first kappa shape index (κ1) is 14.0. The van der Waals surface area contributed by atoms with Gasteiger partial charge in [0.15, 0.2) is 5.96 Å². The first-order valence-corrected chi connectivity index (χ1v) is 6.58. The van der Waals surface area contributed by atoms with Crippen LogP contribution in [0, 0.1) is 0 Å². The largest absolute Gasteiger partial charge is 0.379 e. The highest BCUT2D eigenvalue weighted by molar-refractivity contribution is 5.78. The average Bonchev–Trinajstić information content (AvgIpc) is 2.35. The van der Waals surface area contributed by atoms with Gasteiger partial charge in [-0.2, -0.15) is 0 Å². The first-order chi connectivity index (χ1) is 8.33. The Labute approximate surface area is 104 Å². The smallest absolute Gasteiger partial charge is 0.188 e. The monoisotopic (exact) mass is 239 g/mol. The van der Waals surface area contributed by atoms with E-state index < -0.39 is 0 Å². The van der Waals surface area contributed by atoms with E-state index in [1.807, 2.05) is 6.08 Å². The minimum atomic E-state index is 0.522. The molecule has 1 rings (SSSR count). The Morgan fingerprint density at radius 1 is 1.35 bits per heavy atom. The van der Waals surface area contributed by atoms with Gasteiger partial charge in [-0.3, -0.25) is 4.99 Å². The standard InChI is InChI=1S/C13H25N3O/c1-2-3-10-17-11-9-15-13(14)16-12-7-5-4-6-8-12/h2,12H,1,3-11H2,(H3,14,15,16). The molecule has 98 valence electrons. The number of guanidine groups is 1. The van der Waals surface area contributed by atoms with E-state index in [1.165, 1.54) is 32.1 Å². The summed E-state index contributed by atoms with van der Waals surface area (Å²) in [6.45, 7) is 5.60. The van der Waals surface area contributed by atoms with Crippen LogP contribution >= 0.6 is 0 Å². The van der Waals surface area contributed by atoms with Crippen molar-refractivity contribution in [3.63, 3.8) is 0 Å². The molecule has 0 bridgehead atoms. The number of nitrogens with two attached hydrogens (primary N) is 1. The van der Waals surface area contributed by atoms with E-state index in [0.717, 1.165) is 13.0 Å². The molecule has 1 aliphatic rings. The quantitative estimate of drug-likeness (QED) is 0.308. The summed E-state index contributed by atoms with van der Waals surface area (Å²) in [6.07, 6.45) is 9.12. The Morgan fingerprint density at radius 3 is 2.82 bits per heavy atom. The summed E-state index contributed by atoms with van der Waals surface area (Å²) < 4.78 is 5.35. The fourth-order valence-electron chi connectivity index (χ4n) is 2.00. The van der Waals surface area contributed by atoms with Crippen LogP contribution in [0.3, 0.4) is 0 Å². The highest BCUT2D eigenvalue weighted by Crippen LogP contribution is 2.16. The van der Waals surface area contributed by atoms with Crippen LogP contribution in [0.25, 0.3) is 0 Å². The predicted molar refractivity (Wildman–Crippen MR) is 72.1 cm³/mol. The Kier molecular flexibility index (Phi) is 7.47. The van der Waals surface area contributed by atoms with Crippen LogP contribution in [0.4, 0.5) is 0 Å². The SMILES string of the molecule is C=CCCOCCN=C(N)NC1CCCCC1. The van der Waals surface area contributed by atoms with E-state index in [9.17, 15) is 0 Å². The minimum Gasteiger partial charge on any atom is -0.379 e. The molecule has 0 amide bonds. The second-order valence-corrected chi connectivity index (χ2v) is 4.44. The van der Waals surface area contributed by atoms with Crippen molar-refractivity contribution in [1.29, 1.82) is 0 Å². The van der Waals surface area contributed by atoms with E-state index in [4.69, 9.17) is 10.5 Å². The highest BCUT2D eigenvalue weighted by Gasteiger charge is 2.12. The molecule has 17 heavy (non-hydrogen) atoms. The summed E-state index contributed by atoms with van der Waals surface area (Å²) in [5, 5.41) is 3.28. The third-order valence-corrected chi connectivity index (χ3v) is 2.94. The number of rotatable bonds is 7. The lowest BCUT2D eigenvalue weighted by atomic mass is 9.96. The summed E-state index contributed by atoms with van der Waals surface area (Å²) in [5.74, 6) is 0.559. The first-order valence-electron chi connectivity index (χ1n) is 6.58. The zero-order chi connectivity index (χ0) is 12.3. The minimum absolute atomic E-state index is 0.522. The van der Waals surface area contributed by atoms with Crippen molar-refractivity contribution in [2.75, 3.05) is 19.8 Å². The number of ether oxygens (including phenoxy) is 1. The number of nitrogens with one attached hydrogen (secondary N) is 1. The molecule has 0 aromatic heterocycles. The molecule has 3 N–H and O–H groups in total. The number of aliphatic imine (C=N–C) groups is 1. The maximum atomic E-state index is 5.81. The third-order valence-electron chi connectivity index (χ3n) is 2.94. The van der Waals surface area contributed by atoms with E-state index in [1.54, 1.807) is 0 Å². The van der Waals surface area contributed by atoms with E-state index >= 15 is 0 Å². The molecule has 0 heterocycles. The van der Waals surface area contributed by atoms with Gasteiger partial charge in [-0.1, -0.05) is 25.3 Å². The van der Waals surface area contributed by atoms with E-state index in [2.05, 4.69) is 16.9 Å². The lowest BCUT2D eigenvalue weighted by molar-refractivity contribution is 0.146. The molecule has 4 heteroatoms. The van der Waals surface area contributed by atoms with Crippen molar-refractivity contribution in [3.8, 4) is 0 Å². The lowest BCUT2D eigenvalue weighted by Crippen LogP contribution is -2.41. The molecule has 0 spiro atoms. The Balaban J connectivity index is 2.04. The van der Waals surface area contributed by atoms with Crippen LogP contribution in [0.1, 0.15) is 38.5 Å². The maximum absolute atomic E-state index is 5.81. The van der Waals surface area contributed by atoms with Crippen molar-refractivity contribution < 1.29 is 4.74 Å². The van der Waals surface area contributed by atoms with Crippen LogP contribution < -0.4 is 11.1 Å². The van der Waals surface area contributed by atoms with Crippen molar-refractivity contribution in [2.24, 2.45) is 10.7 Å². The van der Waals surface area contributed by atoms with Gasteiger partial charge in [0.2, 0.25) is 0 Å². The Bertz CT molecular complexity index is 235. The van der Waals surface area contributed by atoms with Gasteiger partial charge in [0, 0.05) is 6.04 Å². The molecule has 1 saturated carbocycles. The number of hydrogen-bond donors (Lipinski definition) is 2. The second kappa shape index (κ2) is 9.05. The van der Waals surface area contributed by atoms with Crippen LogP contribution in [0.2, 0.25) is 0 Å². The van der Waals surface area contributed by atoms with Crippen molar-refractivity contribution in [3.05, 3.63) is 12.7 Å². The summed E-state index contributed by atoms with van der Waals surface area (Å²) >= 11 is 0. The second-order valence-electron chi connectivity index (χ2n) is 4.44. The zero-order valence-electron chi connectivity index (χ0n) is 10.7. The maximum Gasteiger partial charge on any atom is 0.188 e. The van der Waals surface area contributed by atoms with E-state index in [-0.39, 0.29) is 0 Å². The van der Waals surface area contributed by atoms with Crippen LogP contribution in [-0.2, 0) is 4.74 Å². The number of hydrogen-bond acceptors (Lipinski definition) is 2. The third kappa shape index (κ3) is 7.00. The van der Waals surface area contributed by atoms with Crippen LogP contribution in [0.15, 0.2) is 17.6 Å². The van der Waals surface area contributed by atoms with Gasteiger partial charge in [-0.05, 0) is 19.3 Å². The molecule has 0 aromatic rings. The topological polar surface area (TPSA) is 59.6 Å². The fourth-order valence-corrected chi connectivity index (χ4v) is 2.00. The molecule has 0 atom stereocenters. The molecule has 4 nitrogen and oxygen atoms in total. The van der Waals surface area contributed by atoms with Gasteiger partial charge in [0.05, 0.1) is 19.8 Å². The normalized spacial score (nSPS) is 18.0. The molecular weight excluding hydrogens is 214 g/mol. The molecular formula is C13H25N3O. The lowest BCUT2D eigenvalue weighted by Gasteiger charge is -2.23. The van der Waals surface area contributed by atoms with Gasteiger partial charge in [-0.15, -0.1) is 6.58 Å².